The second-order valence-electron chi connectivity index (χ2n) is 5.96. The first-order chi connectivity index (χ1) is 9.76. The average Bonchev–Trinajstić information content (AvgIpc) is 2.41. The number of carbonyl (C=O) groups is 1. The van der Waals surface area contributed by atoms with Crippen molar-refractivity contribution in [3.63, 3.8) is 0 Å². The number of ether oxygens (including phenoxy) is 2. The van der Waals surface area contributed by atoms with E-state index in [-0.39, 0.29) is 12.0 Å². The number of nitrogens with zero attached hydrogens (tertiary/aromatic N) is 1. The van der Waals surface area contributed by atoms with Gasteiger partial charge in [-0.1, -0.05) is 0 Å². The second kappa shape index (κ2) is 7.31. The maximum Gasteiger partial charge on any atom is 0.304 e. The van der Waals surface area contributed by atoms with Crippen LogP contribution in [0.25, 0.3) is 0 Å². The van der Waals surface area contributed by atoms with Crippen LogP contribution in [0.5, 0.6) is 11.5 Å². The Bertz CT molecular complexity index is 457. The molecule has 0 amide bonds. The fourth-order valence-electron chi connectivity index (χ4n) is 2.06. The van der Waals surface area contributed by atoms with Crippen molar-refractivity contribution in [3.05, 3.63) is 23.8 Å². The molecule has 5 nitrogen and oxygen atoms in total. The van der Waals surface area contributed by atoms with E-state index in [2.05, 4.69) is 25.7 Å². The molecule has 5 heteroatoms. The number of benzene rings is 1. The first-order valence-electron chi connectivity index (χ1n) is 6.95. The minimum absolute atomic E-state index is 0.119. The van der Waals surface area contributed by atoms with Crippen molar-refractivity contribution in [2.75, 3.05) is 20.8 Å². The van der Waals surface area contributed by atoms with E-state index in [0.717, 1.165) is 17.1 Å². The average molecular weight is 295 g/mol. The fraction of sp³-hybridized carbons (Fsp3) is 0.562. The van der Waals surface area contributed by atoms with Gasteiger partial charge < -0.3 is 14.6 Å². The maximum atomic E-state index is 10.8. The first-order valence-corrected chi connectivity index (χ1v) is 6.95. The standard InChI is InChI=1S/C16H25NO4/c1-16(2,3)17(7-6-15(18)19)11-12-8-13(20-4)10-14(9-12)21-5/h8-10H,6-7,11H2,1-5H3,(H,18,19). The molecule has 1 rings (SSSR count). The zero-order chi connectivity index (χ0) is 16.0. The van der Waals surface area contributed by atoms with Crippen LogP contribution in [-0.4, -0.2) is 42.3 Å². The molecular weight excluding hydrogens is 270 g/mol. The van der Waals surface area contributed by atoms with E-state index in [0.29, 0.717) is 13.1 Å². The predicted molar refractivity (Wildman–Crippen MR) is 82.0 cm³/mol. The molecule has 1 N–H and O–H groups in total. The Hall–Kier alpha value is -1.75. The number of carboxylic acids is 1. The minimum Gasteiger partial charge on any atom is -0.497 e. The van der Waals surface area contributed by atoms with Crippen LogP contribution < -0.4 is 9.47 Å². The lowest BCUT2D eigenvalue weighted by Crippen LogP contribution is -2.42. The van der Waals surface area contributed by atoms with Crippen LogP contribution >= 0.6 is 0 Å². The van der Waals surface area contributed by atoms with Crippen LogP contribution in [0.15, 0.2) is 18.2 Å². The second-order valence-corrected chi connectivity index (χ2v) is 5.96. The molecule has 0 unspecified atom stereocenters. The summed E-state index contributed by atoms with van der Waals surface area (Å²) in [5.74, 6) is 0.681. The summed E-state index contributed by atoms with van der Waals surface area (Å²) in [6.07, 6.45) is 0.123. The lowest BCUT2D eigenvalue weighted by Gasteiger charge is -2.35. The van der Waals surface area contributed by atoms with Gasteiger partial charge in [0, 0.05) is 24.7 Å². The quantitative estimate of drug-likeness (QED) is 0.838. The van der Waals surface area contributed by atoms with Gasteiger partial charge in [0.15, 0.2) is 0 Å². The molecule has 0 radical (unpaired) electrons. The Kier molecular flexibility index (Phi) is 6.03. The Labute approximate surface area is 126 Å². The van der Waals surface area contributed by atoms with E-state index in [4.69, 9.17) is 14.6 Å². The molecule has 1 aromatic carbocycles. The highest BCUT2D eigenvalue weighted by Crippen LogP contribution is 2.25. The predicted octanol–water partition coefficient (Wildman–Crippen LogP) is 2.78. The Balaban J connectivity index is 2.94. The van der Waals surface area contributed by atoms with Crippen LogP contribution in [0, 0.1) is 0 Å². The topological polar surface area (TPSA) is 59.0 Å². The Morgan fingerprint density at radius 2 is 1.67 bits per heavy atom. The van der Waals surface area contributed by atoms with E-state index >= 15 is 0 Å². The van der Waals surface area contributed by atoms with Crippen LogP contribution in [0.1, 0.15) is 32.8 Å². The van der Waals surface area contributed by atoms with Crippen LogP contribution in [0.4, 0.5) is 0 Å². The van der Waals surface area contributed by atoms with E-state index in [1.54, 1.807) is 14.2 Å². The largest absolute Gasteiger partial charge is 0.497 e. The molecule has 1 aromatic rings. The molecule has 0 aliphatic rings. The molecule has 0 bridgehead atoms. The van der Waals surface area contributed by atoms with E-state index in [9.17, 15) is 4.79 Å². The molecule has 0 fully saturated rings. The van der Waals surface area contributed by atoms with E-state index < -0.39 is 5.97 Å². The van der Waals surface area contributed by atoms with Gasteiger partial charge in [0.25, 0.3) is 0 Å². The van der Waals surface area contributed by atoms with E-state index in [1.807, 2.05) is 18.2 Å². The van der Waals surface area contributed by atoms with Gasteiger partial charge in [0.2, 0.25) is 0 Å². The summed E-state index contributed by atoms with van der Waals surface area (Å²) >= 11 is 0. The van der Waals surface area contributed by atoms with Crippen LogP contribution in [-0.2, 0) is 11.3 Å². The van der Waals surface area contributed by atoms with Crippen molar-refractivity contribution in [1.29, 1.82) is 0 Å². The van der Waals surface area contributed by atoms with Crippen molar-refractivity contribution in [2.24, 2.45) is 0 Å². The van der Waals surface area contributed by atoms with Gasteiger partial charge in [-0.3, -0.25) is 9.69 Å². The van der Waals surface area contributed by atoms with Crippen molar-refractivity contribution < 1.29 is 19.4 Å². The molecule has 0 spiro atoms. The van der Waals surface area contributed by atoms with Gasteiger partial charge >= 0.3 is 5.97 Å². The number of rotatable bonds is 7. The van der Waals surface area contributed by atoms with E-state index in [1.165, 1.54) is 0 Å². The third-order valence-corrected chi connectivity index (χ3v) is 3.33. The molecular formula is C16H25NO4. The lowest BCUT2D eigenvalue weighted by atomic mass is 10.0. The van der Waals surface area contributed by atoms with Crippen LogP contribution in [0.2, 0.25) is 0 Å². The molecule has 0 aromatic heterocycles. The zero-order valence-electron chi connectivity index (χ0n) is 13.5. The van der Waals surface area contributed by atoms with Gasteiger partial charge in [-0.15, -0.1) is 0 Å². The molecule has 21 heavy (non-hydrogen) atoms. The molecule has 0 heterocycles. The summed E-state index contributed by atoms with van der Waals surface area (Å²) in [6, 6.07) is 5.71. The SMILES string of the molecule is COc1cc(CN(CCC(=O)O)C(C)(C)C)cc(OC)c1. The summed E-state index contributed by atoms with van der Waals surface area (Å²) in [4.78, 5) is 13.0. The van der Waals surface area contributed by atoms with Crippen molar-refractivity contribution in [2.45, 2.75) is 39.3 Å². The number of hydrogen-bond donors (Lipinski definition) is 1. The molecule has 0 atom stereocenters. The Morgan fingerprint density at radius 3 is 2.05 bits per heavy atom. The van der Waals surface area contributed by atoms with Crippen LogP contribution in [0.3, 0.4) is 0 Å². The summed E-state index contributed by atoms with van der Waals surface area (Å²) in [5, 5.41) is 8.89. The van der Waals surface area contributed by atoms with Crippen molar-refractivity contribution in [3.8, 4) is 11.5 Å². The number of methoxy groups -OCH3 is 2. The fourth-order valence-corrected chi connectivity index (χ4v) is 2.06. The minimum atomic E-state index is -0.785. The number of carboxylic acid groups (broad SMARTS) is 1. The first kappa shape index (κ1) is 17.3. The molecule has 118 valence electrons. The van der Waals surface area contributed by atoms with Gasteiger partial charge in [-0.2, -0.15) is 0 Å². The Morgan fingerprint density at radius 1 is 1.14 bits per heavy atom. The summed E-state index contributed by atoms with van der Waals surface area (Å²) in [6.45, 7) is 7.37. The van der Waals surface area contributed by atoms with Gasteiger partial charge in [-0.05, 0) is 38.5 Å². The highest BCUT2D eigenvalue weighted by atomic mass is 16.5. The maximum absolute atomic E-state index is 10.8. The zero-order valence-corrected chi connectivity index (χ0v) is 13.5. The summed E-state index contributed by atoms with van der Waals surface area (Å²) in [5.41, 5.74) is 0.915. The smallest absolute Gasteiger partial charge is 0.304 e. The van der Waals surface area contributed by atoms with Gasteiger partial charge in [-0.25, -0.2) is 0 Å². The summed E-state index contributed by atoms with van der Waals surface area (Å²) < 4.78 is 10.5. The normalized spacial score (nSPS) is 11.5. The van der Waals surface area contributed by atoms with Gasteiger partial charge in [0.05, 0.1) is 20.6 Å². The van der Waals surface area contributed by atoms with Crippen molar-refractivity contribution >= 4 is 5.97 Å². The van der Waals surface area contributed by atoms with Crippen molar-refractivity contribution in [1.82, 2.24) is 4.90 Å². The molecule has 0 saturated heterocycles. The highest BCUT2D eigenvalue weighted by Gasteiger charge is 2.22. The summed E-state index contributed by atoms with van der Waals surface area (Å²) in [7, 11) is 3.23. The number of hydrogen-bond acceptors (Lipinski definition) is 4. The molecule has 0 saturated carbocycles. The highest BCUT2D eigenvalue weighted by molar-refractivity contribution is 5.66. The molecule has 0 aliphatic carbocycles. The third-order valence-electron chi connectivity index (χ3n) is 3.33. The monoisotopic (exact) mass is 295 g/mol. The third kappa shape index (κ3) is 5.63. The molecule has 0 aliphatic heterocycles. The lowest BCUT2D eigenvalue weighted by molar-refractivity contribution is -0.137. The van der Waals surface area contributed by atoms with Gasteiger partial charge in [0.1, 0.15) is 11.5 Å². The number of aliphatic carboxylic acids is 1.